The van der Waals surface area contributed by atoms with Crippen LogP contribution < -0.4 is 10.9 Å². The normalized spacial score (nSPS) is 13.6. The highest BCUT2D eigenvalue weighted by Crippen LogP contribution is 2.36. The third-order valence-electron chi connectivity index (χ3n) is 4.02. The molecule has 6 nitrogen and oxygen atoms in total. The van der Waals surface area contributed by atoms with Crippen LogP contribution in [0.2, 0.25) is 10.0 Å². The molecular weight excluding hydrogens is 383 g/mol. The lowest BCUT2D eigenvalue weighted by atomic mass is 10.1. The van der Waals surface area contributed by atoms with Crippen molar-refractivity contribution in [3.8, 4) is 6.07 Å². The highest BCUT2D eigenvalue weighted by atomic mass is 35.5. The van der Waals surface area contributed by atoms with Crippen LogP contribution in [-0.2, 0) is 24.2 Å². The van der Waals surface area contributed by atoms with E-state index in [1.54, 1.807) is 0 Å². The number of fused-ring (bicyclic) bond motifs is 1. The Labute approximate surface area is 158 Å². The van der Waals surface area contributed by atoms with Gasteiger partial charge in [0.1, 0.15) is 22.6 Å². The van der Waals surface area contributed by atoms with E-state index in [0.717, 1.165) is 47.2 Å². The first-order chi connectivity index (χ1) is 12.0. The lowest BCUT2D eigenvalue weighted by Crippen LogP contribution is -2.29. The van der Waals surface area contributed by atoms with Crippen LogP contribution >= 0.6 is 34.5 Å². The summed E-state index contributed by atoms with van der Waals surface area (Å²) in [5.74, 6) is -0.444. The van der Waals surface area contributed by atoms with Crippen molar-refractivity contribution in [3.05, 3.63) is 42.6 Å². The summed E-state index contributed by atoms with van der Waals surface area (Å²) in [4.78, 5) is 25.4. The number of nitriles is 1. The maximum Gasteiger partial charge on any atom is 0.287 e. The molecule has 0 unspecified atom stereocenters. The molecule has 0 bridgehead atoms. The van der Waals surface area contributed by atoms with E-state index in [1.165, 1.54) is 17.5 Å². The van der Waals surface area contributed by atoms with Crippen LogP contribution in [0.15, 0.2) is 11.0 Å². The van der Waals surface area contributed by atoms with Gasteiger partial charge in [0, 0.05) is 4.88 Å². The summed E-state index contributed by atoms with van der Waals surface area (Å²) < 4.78 is 0.939. The Morgan fingerprint density at radius 2 is 2.12 bits per heavy atom. The maximum atomic E-state index is 12.3. The molecule has 0 radical (unpaired) electrons. The quantitative estimate of drug-likeness (QED) is 0.805. The van der Waals surface area contributed by atoms with Crippen molar-refractivity contribution in [3.63, 3.8) is 0 Å². The Kier molecular flexibility index (Phi) is 5.42. The van der Waals surface area contributed by atoms with Gasteiger partial charge in [-0.15, -0.1) is 11.3 Å². The fraction of sp³-hybridized carbons (Fsp3) is 0.375. The zero-order chi connectivity index (χ0) is 18.0. The number of thiophene rings is 1. The number of aryl methyl sites for hydroxylation is 1. The Balaban J connectivity index is 1.81. The van der Waals surface area contributed by atoms with Crippen LogP contribution in [0, 0.1) is 11.3 Å². The molecule has 9 heteroatoms. The van der Waals surface area contributed by atoms with Gasteiger partial charge in [-0.25, -0.2) is 4.68 Å². The monoisotopic (exact) mass is 396 g/mol. The van der Waals surface area contributed by atoms with Gasteiger partial charge in [-0.2, -0.15) is 10.4 Å². The Bertz CT molecular complexity index is 929. The van der Waals surface area contributed by atoms with Gasteiger partial charge in [-0.1, -0.05) is 29.6 Å². The van der Waals surface area contributed by atoms with E-state index in [2.05, 4.69) is 16.5 Å². The summed E-state index contributed by atoms with van der Waals surface area (Å²) in [6.45, 7) is -0.302. The summed E-state index contributed by atoms with van der Waals surface area (Å²) >= 11 is 12.9. The molecule has 1 aliphatic carbocycles. The zero-order valence-corrected chi connectivity index (χ0v) is 15.5. The van der Waals surface area contributed by atoms with Crippen molar-refractivity contribution in [1.82, 2.24) is 9.78 Å². The molecule has 130 valence electrons. The minimum atomic E-state index is -0.633. The number of hydrogen-bond donors (Lipinski definition) is 1. The second kappa shape index (κ2) is 7.56. The lowest BCUT2D eigenvalue weighted by Gasteiger charge is -2.06. The molecule has 0 saturated heterocycles. The van der Waals surface area contributed by atoms with Crippen molar-refractivity contribution >= 4 is 45.4 Å². The lowest BCUT2D eigenvalue weighted by molar-refractivity contribution is -0.117. The summed E-state index contributed by atoms with van der Waals surface area (Å²) in [6.07, 6.45) is 6.30. The topological polar surface area (TPSA) is 87.8 Å². The zero-order valence-electron chi connectivity index (χ0n) is 13.1. The number of anilines is 1. The highest BCUT2D eigenvalue weighted by Gasteiger charge is 2.21. The predicted octanol–water partition coefficient (Wildman–Crippen LogP) is 3.39. The van der Waals surface area contributed by atoms with Gasteiger partial charge in [0.15, 0.2) is 0 Å². The van der Waals surface area contributed by atoms with Crippen LogP contribution in [0.3, 0.4) is 0 Å². The van der Waals surface area contributed by atoms with E-state index in [1.807, 2.05) is 0 Å². The second-order valence-electron chi connectivity index (χ2n) is 5.70. The van der Waals surface area contributed by atoms with Crippen molar-refractivity contribution in [2.24, 2.45) is 0 Å². The van der Waals surface area contributed by atoms with E-state index in [4.69, 9.17) is 23.2 Å². The Morgan fingerprint density at radius 1 is 1.36 bits per heavy atom. The average Bonchev–Trinajstić information content (AvgIpc) is 2.75. The molecule has 0 saturated carbocycles. The van der Waals surface area contributed by atoms with Crippen molar-refractivity contribution in [2.45, 2.75) is 38.6 Å². The van der Waals surface area contributed by atoms with Crippen molar-refractivity contribution < 1.29 is 4.79 Å². The largest absolute Gasteiger partial charge is 0.315 e. The number of carbonyl (C=O) groups excluding carboxylic acids is 1. The Hall–Kier alpha value is -1.88. The maximum absolute atomic E-state index is 12.3. The third-order valence-corrected chi connectivity index (χ3v) is 5.98. The molecule has 0 atom stereocenters. The number of carbonyl (C=O) groups is 1. The first-order valence-corrected chi connectivity index (χ1v) is 9.34. The number of halogens is 2. The van der Waals surface area contributed by atoms with E-state index in [-0.39, 0.29) is 16.6 Å². The first-order valence-electron chi connectivity index (χ1n) is 7.77. The molecule has 0 aliphatic heterocycles. The highest BCUT2D eigenvalue weighted by molar-refractivity contribution is 7.16. The van der Waals surface area contributed by atoms with Gasteiger partial charge in [0.25, 0.3) is 5.56 Å². The summed E-state index contributed by atoms with van der Waals surface area (Å²) in [5, 5.41) is 16.4. The van der Waals surface area contributed by atoms with E-state index >= 15 is 0 Å². The van der Waals surface area contributed by atoms with E-state index < -0.39 is 11.5 Å². The van der Waals surface area contributed by atoms with Crippen LogP contribution in [0.1, 0.15) is 35.3 Å². The fourth-order valence-corrected chi connectivity index (χ4v) is 4.34. The molecule has 1 amide bonds. The molecule has 3 rings (SSSR count). The molecule has 2 heterocycles. The third kappa shape index (κ3) is 3.71. The number of nitrogens with one attached hydrogen (secondary N) is 1. The van der Waals surface area contributed by atoms with Crippen molar-refractivity contribution in [2.75, 3.05) is 5.32 Å². The average molecular weight is 397 g/mol. The molecule has 1 aliphatic rings. The number of aromatic nitrogens is 2. The van der Waals surface area contributed by atoms with Crippen LogP contribution in [0.4, 0.5) is 5.00 Å². The van der Waals surface area contributed by atoms with Crippen molar-refractivity contribution in [1.29, 1.82) is 5.26 Å². The van der Waals surface area contributed by atoms with Crippen LogP contribution in [0.5, 0.6) is 0 Å². The molecule has 2 aromatic heterocycles. The van der Waals surface area contributed by atoms with E-state index in [9.17, 15) is 14.9 Å². The van der Waals surface area contributed by atoms with Crippen LogP contribution in [-0.4, -0.2) is 15.7 Å². The molecular formula is C16H14Cl2N4O2S. The first kappa shape index (κ1) is 17.9. The molecule has 0 aromatic carbocycles. The van der Waals surface area contributed by atoms with Gasteiger partial charge in [0.05, 0.1) is 16.8 Å². The minimum Gasteiger partial charge on any atom is -0.315 e. The fourth-order valence-electron chi connectivity index (χ4n) is 2.81. The summed E-state index contributed by atoms with van der Waals surface area (Å²) in [6, 6.07) is 2.20. The second-order valence-corrected chi connectivity index (χ2v) is 7.59. The summed E-state index contributed by atoms with van der Waals surface area (Å²) in [5.41, 5.74) is 0.946. The molecule has 0 fully saturated rings. The van der Waals surface area contributed by atoms with Gasteiger partial charge < -0.3 is 5.32 Å². The molecule has 0 spiro atoms. The predicted molar refractivity (Wildman–Crippen MR) is 97.4 cm³/mol. The van der Waals surface area contributed by atoms with Gasteiger partial charge in [0.2, 0.25) is 5.91 Å². The number of hydrogen-bond acceptors (Lipinski definition) is 5. The Morgan fingerprint density at radius 3 is 2.88 bits per heavy atom. The molecule has 25 heavy (non-hydrogen) atoms. The van der Waals surface area contributed by atoms with Crippen LogP contribution in [0.25, 0.3) is 0 Å². The minimum absolute atomic E-state index is 0.0390. The van der Waals surface area contributed by atoms with Gasteiger partial charge >= 0.3 is 0 Å². The standard InChI is InChI=1S/C16H14Cl2N4O2S/c17-11-7-20-22(16(24)14(11)18)8-13(23)21-15-10(6-19)9-4-2-1-3-5-12(9)25-15/h7H,1-5,8H2,(H,21,23). The van der Waals surface area contributed by atoms with Gasteiger partial charge in [-0.3, -0.25) is 9.59 Å². The number of amides is 1. The number of rotatable bonds is 3. The molecule has 2 aromatic rings. The summed E-state index contributed by atoms with van der Waals surface area (Å²) in [7, 11) is 0. The van der Waals surface area contributed by atoms with Gasteiger partial charge in [-0.05, 0) is 31.2 Å². The number of nitrogens with zero attached hydrogens (tertiary/aromatic N) is 3. The smallest absolute Gasteiger partial charge is 0.287 e. The molecule has 1 N–H and O–H groups in total. The SMILES string of the molecule is N#Cc1c(NC(=O)Cn2ncc(Cl)c(Cl)c2=O)sc2c1CCCCC2. The van der Waals surface area contributed by atoms with E-state index in [0.29, 0.717) is 10.6 Å².